The number of primary amides is 1. The topological polar surface area (TPSA) is 149 Å². The minimum Gasteiger partial charge on any atom is -0.491 e. The third-order valence-electron chi connectivity index (χ3n) is 6.57. The highest BCUT2D eigenvalue weighted by atomic mass is 32.2. The SMILES string of the molecule is CCCn1c(NC(=O)c2cc(C)nn2CC)nc2cc(C(N)=O)cc(OCCCNC(=O)CN3CCSCC3)c21. The van der Waals surface area contributed by atoms with Crippen molar-refractivity contribution >= 4 is 46.5 Å². The van der Waals surface area contributed by atoms with Gasteiger partial charge in [-0.15, -0.1) is 0 Å². The van der Waals surface area contributed by atoms with Gasteiger partial charge in [-0.2, -0.15) is 16.9 Å². The molecule has 216 valence electrons. The van der Waals surface area contributed by atoms with E-state index in [1.54, 1.807) is 22.9 Å². The molecule has 13 heteroatoms. The molecule has 3 heterocycles. The predicted molar refractivity (Wildman–Crippen MR) is 156 cm³/mol. The lowest BCUT2D eigenvalue weighted by Gasteiger charge is -2.25. The summed E-state index contributed by atoms with van der Waals surface area (Å²) in [4.78, 5) is 44.3. The Morgan fingerprint density at radius 1 is 1.15 bits per heavy atom. The minimum absolute atomic E-state index is 0.00558. The molecular formula is C27H38N8O4S. The highest BCUT2D eigenvalue weighted by molar-refractivity contribution is 7.99. The molecule has 4 N–H and O–H groups in total. The zero-order chi connectivity index (χ0) is 28.6. The molecule has 1 aliphatic heterocycles. The number of fused-ring (bicyclic) bond motifs is 1. The van der Waals surface area contributed by atoms with Crippen LogP contribution in [0.25, 0.3) is 11.0 Å². The van der Waals surface area contributed by atoms with Gasteiger partial charge in [-0.25, -0.2) is 4.98 Å². The van der Waals surface area contributed by atoms with Crippen LogP contribution in [0.4, 0.5) is 5.95 Å². The molecule has 0 spiro atoms. The first-order valence-corrected chi connectivity index (χ1v) is 14.9. The number of carbonyl (C=O) groups excluding carboxylic acids is 3. The maximum absolute atomic E-state index is 13.2. The lowest BCUT2D eigenvalue weighted by Crippen LogP contribution is -2.41. The highest BCUT2D eigenvalue weighted by Crippen LogP contribution is 2.31. The number of amides is 3. The molecule has 4 rings (SSSR count). The Bertz CT molecular complexity index is 1360. The van der Waals surface area contributed by atoms with Crippen LogP contribution in [0.15, 0.2) is 18.2 Å². The summed E-state index contributed by atoms with van der Waals surface area (Å²) in [5.41, 5.74) is 8.19. The summed E-state index contributed by atoms with van der Waals surface area (Å²) in [7, 11) is 0. The van der Waals surface area contributed by atoms with Crippen LogP contribution in [-0.4, -0.2) is 86.2 Å². The zero-order valence-corrected chi connectivity index (χ0v) is 24.2. The summed E-state index contributed by atoms with van der Waals surface area (Å²) in [5.74, 6) is 1.98. The van der Waals surface area contributed by atoms with Crippen molar-refractivity contribution < 1.29 is 19.1 Å². The molecule has 0 saturated carbocycles. The Balaban J connectivity index is 1.49. The average molecular weight is 571 g/mol. The Morgan fingerprint density at radius 2 is 1.93 bits per heavy atom. The lowest BCUT2D eigenvalue weighted by atomic mass is 10.1. The summed E-state index contributed by atoms with van der Waals surface area (Å²) in [6.07, 6.45) is 1.36. The van der Waals surface area contributed by atoms with E-state index < -0.39 is 5.91 Å². The molecule has 2 aromatic heterocycles. The molecule has 0 radical (unpaired) electrons. The maximum atomic E-state index is 13.2. The highest BCUT2D eigenvalue weighted by Gasteiger charge is 2.21. The van der Waals surface area contributed by atoms with Crippen LogP contribution < -0.4 is 21.1 Å². The number of imidazole rings is 1. The molecule has 3 amide bonds. The monoisotopic (exact) mass is 570 g/mol. The van der Waals surface area contributed by atoms with Crippen molar-refractivity contribution in [3.05, 3.63) is 35.2 Å². The number of carbonyl (C=O) groups is 3. The van der Waals surface area contributed by atoms with Crippen molar-refractivity contribution in [1.29, 1.82) is 0 Å². The van der Waals surface area contributed by atoms with Crippen LogP contribution in [-0.2, 0) is 17.9 Å². The van der Waals surface area contributed by atoms with Crippen LogP contribution >= 0.6 is 11.8 Å². The Labute approximate surface area is 238 Å². The minimum atomic E-state index is -0.604. The molecule has 1 aliphatic rings. The van der Waals surface area contributed by atoms with E-state index in [0.717, 1.165) is 36.7 Å². The number of nitrogens with zero attached hydrogens (tertiary/aromatic N) is 5. The first-order valence-electron chi connectivity index (χ1n) is 13.7. The van der Waals surface area contributed by atoms with E-state index in [0.29, 0.717) is 67.6 Å². The van der Waals surface area contributed by atoms with Gasteiger partial charge in [0.05, 0.1) is 24.4 Å². The Hall–Kier alpha value is -3.58. The van der Waals surface area contributed by atoms with Crippen LogP contribution in [0.2, 0.25) is 0 Å². The van der Waals surface area contributed by atoms with Gasteiger partial charge in [0, 0.05) is 49.8 Å². The number of ether oxygens (including phenoxy) is 1. The number of nitrogens with two attached hydrogens (primary N) is 1. The third kappa shape index (κ3) is 7.13. The number of nitrogens with one attached hydrogen (secondary N) is 2. The number of rotatable bonds is 13. The molecule has 1 fully saturated rings. The number of aromatic nitrogens is 4. The number of hydrogen-bond acceptors (Lipinski definition) is 8. The van der Waals surface area contributed by atoms with Crippen molar-refractivity contribution in [1.82, 2.24) is 29.5 Å². The third-order valence-corrected chi connectivity index (χ3v) is 7.51. The molecule has 40 heavy (non-hydrogen) atoms. The second-order valence-corrected chi connectivity index (χ2v) is 10.9. The Morgan fingerprint density at radius 3 is 2.62 bits per heavy atom. The standard InChI is InChI=1S/C27H38N8O4S/c1-4-8-34-24-20(30-27(34)31-26(38)21-14-18(3)32-35(21)5-2)15-19(25(28)37)16-22(24)39-11-6-7-29-23(36)17-33-9-12-40-13-10-33/h14-16H,4-13,17H2,1-3H3,(H2,28,37)(H,29,36)(H,30,31,38). The van der Waals surface area contributed by atoms with Crippen molar-refractivity contribution in [2.24, 2.45) is 5.73 Å². The fourth-order valence-electron chi connectivity index (χ4n) is 4.65. The first-order chi connectivity index (χ1) is 19.3. The predicted octanol–water partition coefficient (Wildman–Crippen LogP) is 2.26. The summed E-state index contributed by atoms with van der Waals surface area (Å²) < 4.78 is 9.63. The van der Waals surface area contributed by atoms with E-state index in [1.165, 1.54) is 0 Å². The van der Waals surface area contributed by atoms with E-state index in [2.05, 4.69) is 25.6 Å². The molecule has 3 aromatic rings. The lowest BCUT2D eigenvalue weighted by molar-refractivity contribution is -0.122. The fraction of sp³-hybridized carbons (Fsp3) is 0.519. The number of thioether (sulfide) groups is 1. The van der Waals surface area contributed by atoms with Gasteiger partial charge in [-0.05, 0) is 44.9 Å². The van der Waals surface area contributed by atoms with Gasteiger partial charge in [0.1, 0.15) is 17.0 Å². The maximum Gasteiger partial charge on any atom is 0.276 e. The van der Waals surface area contributed by atoms with Crippen LogP contribution in [0.3, 0.4) is 0 Å². The molecule has 0 aliphatic carbocycles. The summed E-state index contributed by atoms with van der Waals surface area (Å²) in [6.45, 7) is 9.96. The van der Waals surface area contributed by atoms with Gasteiger partial charge >= 0.3 is 0 Å². The van der Waals surface area contributed by atoms with E-state index in [1.807, 2.05) is 37.1 Å². The van der Waals surface area contributed by atoms with Gasteiger partial charge in [0.2, 0.25) is 17.8 Å². The smallest absolute Gasteiger partial charge is 0.276 e. The molecular weight excluding hydrogens is 532 g/mol. The summed E-state index contributed by atoms with van der Waals surface area (Å²) in [6, 6.07) is 4.94. The normalized spacial score (nSPS) is 13.9. The molecule has 0 unspecified atom stereocenters. The van der Waals surface area contributed by atoms with Gasteiger partial charge in [0.15, 0.2) is 0 Å². The van der Waals surface area contributed by atoms with E-state index in [9.17, 15) is 14.4 Å². The number of hydrogen-bond donors (Lipinski definition) is 3. The van der Waals surface area contributed by atoms with Crippen molar-refractivity contribution in [2.45, 2.75) is 46.7 Å². The average Bonchev–Trinajstić information content (AvgIpc) is 3.48. The molecule has 1 aromatic carbocycles. The first kappa shape index (κ1) is 29.4. The number of aryl methyl sites for hydroxylation is 3. The fourth-order valence-corrected chi connectivity index (χ4v) is 5.63. The second-order valence-electron chi connectivity index (χ2n) is 9.67. The van der Waals surface area contributed by atoms with Crippen molar-refractivity contribution in [3.8, 4) is 5.75 Å². The summed E-state index contributed by atoms with van der Waals surface area (Å²) in [5, 5.41) is 10.2. The van der Waals surface area contributed by atoms with Gasteiger partial charge in [0.25, 0.3) is 5.91 Å². The quantitative estimate of drug-likeness (QED) is 0.265. The molecule has 0 atom stereocenters. The van der Waals surface area contributed by atoms with E-state index >= 15 is 0 Å². The van der Waals surface area contributed by atoms with Crippen molar-refractivity contribution in [2.75, 3.05) is 49.6 Å². The van der Waals surface area contributed by atoms with Gasteiger partial charge < -0.3 is 20.4 Å². The Kier molecular flexibility index (Phi) is 10.0. The van der Waals surface area contributed by atoms with Crippen molar-refractivity contribution in [3.63, 3.8) is 0 Å². The van der Waals surface area contributed by atoms with Gasteiger partial charge in [-0.1, -0.05) is 6.92 Å². The molecule has 12 nitrogen and oxygen atoms in total. The molecule has 0 bridgehead atoms. The number of benzene rings is 1. The zero-order valence-electron chi connectivity index (χ0n) is 23.4. The molecule has 1 saturated heterocycles. The van der Waals surface area contributed by atoms with Crippen LogP contribution in [0.1, 0.15) is 53.2 Å². The van der Waals surface area contributed by atoms with Crippen LogP contribution in [0, 0.1) is 6.92 Å². The second kappa shape index (κ2) is 13.7. The largest absolute Gasteiger partial charge is 0.491 e. The van der Waals surface area contributed by atoms with E-state index in [-0.39, 0.29) is 17.4 Å². The van der Waals surface area contributed by atoms with Crippen LogP contribution in [0.5, 0.6) is 5.75 Å². The van der Waals surface area contributed by atoms with E-state index in [4.69, 9.17) is 10.5 Å². The van der Waals surface area contributed by atoms with Gasteiger partial charge in [-0.3, -0.25) is 29.3 Å². The number of anilines is 1. The summed E-state index contributed by atoms with van der Waals surface area (Å²) >= 11 is 1.91.